The van der Waals surface area contributed by atoms with Crippen LogP contribution in [-0.4, -0.2) is 31.0 Å². The summed E-state index contributed by atoms with van der Waals surface area (Å²) < 4.78 is 23.1. The molecule has 1 unspecified atom stereocenters. The number of primary sulfonamides is 1. The smallest absolute Gasteiger partial charge is 0.265 e. The number of benzene rings is 2. The highest BCUT2D eigenvalue weighted by Crippen LogP contribution is 2.31. The molecule has 1 atom stereocenters. The van der Waals surface area contributed by atoms with E-state index in [1.165, 1.54) is 12.1 Å². The first-order valence-corrected chi connectivity index (χ1v) is 9.32. The van der Waals surface area contributed by atoms with Crippen molar-refractivity contribution in [2.45, 2.75) is 17.5 Å². The number of rotatable bonds is 4. The lowest BCUT2D eigenvalue weighted by molar-refractivity contribution is 0.0588. The summed E-state index contributed by atoms with van der Waals surface area (Å²) in [5.74, 6) is -0.521. The third-order valence-corrected chi connectivity index (χ3v) is 5.44. The molecular formula is C16H16ClN3O4S. The van der Waals surface area contributed by atoms with Gasteiger partial charge in [-0.2, -0.15) is 0 Å². The SMILES string of the molecule is NS(=O)(=O)c1cc(C(=O)NN2Cc3ccccc3C2CO)ccc1Cl. The molecule has 2 aromatic carbocycles. The Bertz CT molecular complexity index is 933. The summed E-state index contributed by atoms with van der Waals surface area (Å²) in [6, 6.07) is 11.0. The maximum Gasteiger partial charge on any atom is 0.265 e. The van der Waals surface area contributed by atoms with Crippen molar-refractivity contribution in [1.82, 2.24) is 10.4 Å². The van der Waals surface area contributed by atoms with Gasteiger partial charge >= 0.3 is 0 Å². The number of nitrogens with one attached hydrogen (secondary N) is 1. The van der Waals surface area contributed by atoms with E-state index < -0.39 is 15.9 Å². The lowest BCUT2D eigenvalue weighted by Gasteiger charge is -2.24. The Morgan fingerprint density at radius 1 is 1.32 bits per heavy atom. The van der Waals surface area contributed by atoms with E-state index in [9.17, 15) is 18.3 Å². The number of carbonyl (C=O) groups is 1. The highest BCUT2D eigenvalue weighted by atomic mass is 35.5. The van der Waals surface area contributed by atoms with Crippen LogP contribution in [-0.2, 0) is 16.6 Å². The number of nitrogens with two attached hydrogens (primary N) is 1. The topological polar surface area (TPSA) is 113 Å². The van der Waals surface area contributed by atoms with Crippen LogP contribution in [0.5, 0.6) is 0 Å². The van der Waals surface area contributed by atoms with Crippen molar-refractivity contribution in [2.75, 3.05) is 6.61 Å². The summed E-state index contributed by atoms with van der Waals surface area (Å²) in [6.45, 7) is 0.267. The molecule has 0 saturated carbocycles. The molecule has 1 aliphatic rings. The molecule has 3 rings (SSSR count). The Balaban J connectivity index is 1.84. The van der Waals surface area contributed by atoms with Gasteiger partial charge in [-0.1, -0.05) is 35.9 Å². The first-order valence-electron chi connectivity index (χ1n) is 7.40. The molecule has 0 radical (unpaired) electrons. The number of hydrogen-bond donors (Lipinski definition) is 3. The molecule has 0 spiro atoms. The number of halogens is 1. The molecule has 1 amide bonds. The second kappa shape index (κ2) is 6.74. The summed E-state index contributed by atoms with van der Waals surface area (Å²) in [4.78, 5) is 12.2. The van der Waals surface area contributed by atoms with Crippen molar-refractivity contribution in [3.05, 3.63) is 64.2 Å². The van der Waals surface area contributed by atoms with Crippen LogP contribution in [0.3, 0.4) is 0 Å². The van der Waals surface area contributed by atoms with Crippen molar-refractivity contribution in [3.8, 4) is 0 Å². The molecule has 0 bridgehead atoms. The van der Waals surface area contributed by atoms with Gasteiger partial charge < -0.3 is 5.11 Å². The fourth-order valence-corrected chi connectivity index (χ4v) is 3.91. The van der Waals surface area contributed by atoms with E-state index in [4.69, 9.17) is 16.7 Å². The normalized spacial score (nSPS) is 17.3. The largest absolute Gasteiger partial charge is 0.394 e. The summed E-state index contributed by atoms with van der Waals surface area (Å²) in [5.41, 5.74) is 4.73. The zero-order valence-electron chi connectivity index (χ0n) is 13.0. The molecule has 0 fully saturated rings. The van der Waals surface area contributed by atoms with Crippen LogP contribution in [0.15, 0.2) is 47.4 Å². The molecule has 0 aromatic heterocycles. The number of sulfonamides is 1. The van der Waals surface area contributed by atoms with Crippen LogP contribution in [0.4, 0.5) is 0 Å². The van der Waals surface area contributed by atoms with Gasteiger partial charge in [0.25, 0.3) is 5.91 Å². The summed E-state index contributed by atoms with van der Waals surface area (Å²) in [6.07, 6.45) is 0. The molecule has 1 aliphatic heterocycles. The maximum absolute atomic E-state index is 12.5. The van der Waals surface area contributed by atoms with Crippen LogP contribution in [0.25, 0.3) is 0 Å². The molecule has 4 N–H and O–H groups in total. The highest BCUT2D eigenvalue weighted by Gasteiger charge is 2.30. The van der Waals surface area contributed by atoms with Gasteiger partial charge in [0.1, 0.15) is 4.90 Å². The summed E-state index contributed by atoms with van der Waals surface area (Å²) in [5, 5.41) is 16.3. The predicted molar refractivity (Wildman–Crippen MR) is 92.1 cm³/mol. The Labute approximate surface area is 150 Å². The first kappa shape index (κ1) is 17.8. The van der Waals surface area contributed by atoms with Gasteiger partial charge in [-0.05, 0) is 29.3 Å². The van der Waals surface area contributed by atoms with Crippen molar-refractivity contribution in [2.24, 2.45) is 5.14 Å². The third kappa shape index (κ3) is 3.53. The molecule has 0 aliphatic carbocycles. The number of fused-ring (bicyclic) bond motifs is 1. The van der Waals surface area contributed by atoms with E-state index in [0.29, 0.717) is 6.54 Å². The Morgan fingerprint density at radius 2 is 2.04 bits per heavy atom. The van der Waals surface area contributed by atoms with Crippen LogP contribution < -0.4 is 10.6 Å². The van der Waals surface area contributed by atoms with E-state index >= 15 is 0 Å². The molecule has 9 heteroatoms. The van der Waals surface area contributed by atoms with E-state index in [1.807, 2.05) is 24.3 Å². The van der Waals surface area contributed by atoms with Crippen molar-refractivity contribution in [3.63, 3.8) is 0 Å². The van der Waals surface area contributed by atoms with Gasteiger partial charge in [0.2, 0.25) is 10.0 Å². The minimum atomic E-state index is -4.04. The van der Waals surface area contributed by atoms with Crippen LogP contribution >= 0.6 is 11.6 Å². The number of nitrogens with zero attached hydrogens (tertiary/aromatic N) is 1. The van der Waals surface area contributed by atoms with Crippen LogP contribution in [0, 0.1) is 0 Å². The van der Waals surface area contributed by atoms with Gasteiger partial charge in [0, 0.05) is 12.1 Å². The lowest BCUT2D eigenvalue weighted by atomic mass is 10.1. The molecule has 7 nitrogen and oxygen atoms in total. The monoisotopic (exact) mass is 381 g/mol. The molecule has 1 heterocycles. The fraction of sp³-hybridized carbons (Fsp3) is 0.188. The number of hydrogen-bond acceptors (Lipinski definition) is 5. The molecule has 2 aromatic rings. The number of aliphatic hydroxyl groups is 1. The maximum atomic E-state index is 12.5. The van der Waals surface area contributed by atoms with Gasteiger partial charge in [-0.25, -0.2) is 18.6 Å². The molecule has 25 heavy (non-hydrogen) atoms. The Kier molecular flexibility index (Phi) is 4.81. The summed E-state index contributed by atoms with van der Waals surface area (Å²) in [7, 11) is -4.04. The molecule has 132 valence electrons. The second-order valence-corrected chi connectivity index (χ2v) is 7.59. The average molecular weight is 382 g/mol. The van der Waals surface area contributed by atoms with Gasteiger partial charge in [0.15, 0.2) is 0 Å². The number of carbonyl (C=O) groups excluding carboxylic acids is 1. The van der Waals surface area contributed by atoms with Crippen LogP contribution in [0.1, 0.15) is 27.5 Å². The van der Waals surface area contributed by atoms with Crippen molar-refractivity contribution < 1.29 is 18.3 Å². The summed E-state index contributed by atoms with van der Waals surface area (Å²) >= 11 is 5.83. The predicted octanol–water partition coefficient (Wildman–Crippen LogP) is 1.18. The minimum Gasteiger partial charge on any atom is -0.394 e. The fourth-order valence-electron chi connectivity index (χ4n) is 2.84. The average Bonchev–Trinajstić information content (AvgIpc) is 2.91. The van der Waals surface area contributed by atoms with Gasteiger partial charge in [-0.3, -0.25) is 10.2 Å². The number of aliphatic hydroxyl groups excluding tert-OH is 1. The minimum absolute atomic E-state index is 0.0548. The molecule has 0 saturated heterocycles. The van der Waals surface area contributed by atoms with Crippen LogP contribution in [0.2, 0.25) is 5.02 Å². The van der Waals surface area contributed by atoms with E-state index in [0.717, 1.165) is 17.2 Å². The van der Waals surface area contributed by atoms with E-state index in [1.54, 1.807) is 5.01 Å². The van der Waals surface area contributed by atoms with Crippen molar-refractivity contribution in [1.29, 1.82) is 0 Å². The van der Waals surface area contributed by atoms with E-state index in [-0.39, 0.29) is 28.1 Å². The highest BCUT2D eigenvalue weighted by molar-refractivity contribution is 7.89. The number of hydrazine groups is 1. The quantitative estimate of drug-likeness (QED) is 0.736. The zero-order valence-corrected chi connectivity index (χ0v) is 14.6. The van der Waals surface area contributed by atoms with E-state index in [2.05, 4.69) is 5.43 Å². The number of amides is 1. The standard InChI is InChI=1S/C16H16ClN3O4S/c17-13-6-5-10(7-15(13)25(18,23)24)16(22)19-20-8-11-3-1-2-4-12(11)14(20)9-21/h1-7,14,21H,8-9H2,(H,19,22)(H2,18,23,24). The van der Waals surface area contributed by atoms with Crippen molar-refractivity contribution >= 4 is 27.5 Å². The van der Waals surface area contributed by atoms with Gasteiger partial charge in [0.05, 0.1) is 17.7 Å². The third-order valence-electron chi connectivity index (χ3n) is 4.05. The Morgan fingerprint density at radius 3 is 2.72 bits per heavy atom. The lowest BCUT2D eigenvalue weighted by Crippen LogP contribution is -2.42. The first-order chi connectivity index (χ1) is 11.8. The zero-order chi connectivity index (χ0) is 18.2. The second-order valence-electron chi connectivity index (χ2n) is 5.66. The molecular weight excluding hydrogens is 366 g/mol. The Hall–Kier alpha value is -1.97. The van der Waals surface area contributed by atoms with Gasteiger partial charge in [-0.15, -0.1) is 0 Å².